The first-order valence-electron chi connectivity index (χ1n) is 7.18. The molecule has 0 aliphatic carbocycles. The molecule has 0 atom stereocenters. The number of aromatic nitrogens is 1. The molecular formula is C15H18N4O5S. The summed E-state index contributed by atoms with van der Waals surface area (Å²) in [6, 6.07) is 4.29. The molecule has 0 amide bonds. The summed E-state index contributed by atoms with van der Waals surface area (Å²) in [5.74, 6) is -1.13. The SMILES string of the molecule is CC(C)(C)NS(=O)(=O)c1ccc(N/N=C\c2ccoc2C(=O)O)nc1. The number of carboxylic acids is 1. The fraction of sp³-hybridized carbons (Fsp3) is 0.267. The van der Waals surface area contributed by atoms with Crippen molar-refractivity contribution in [2.45, 2.75) is 31.2 Å². The van der Waals surface area contributed by atoms with E-state index in [2.05, 4.69) is 20.2 Å². The molecule has 10 heteroatoms. The molecule has 3 N–H and O–H groups in total. The van der Waals surface area contributed by atoms with Crippen LogP contribution in [-0.4, -0.2) is 36.2 Å². The lowest BCUT2D eigenvalue weighted by Gasteiger charge is -2.20. The van der Waals surface area contributed by atoms with Gasteiger partial charge in [0.05, 0.1) is 12.5 Å². The third kappa shape index (κ3) is 5.13. The maximum atomic E-state index is 12.2. The molecule has 2 heterocycles. The van der Waals surface area contributed by atoms with Crippen LogP contribution in [0.15, 0.2) is 45.1 Å². The molecule has 134 valence electrons. The van der Waals surface area contributed by atoms with E-state index >= 15 is 0 Å². The van der Waals surface area contributed by atoms with Crippen LogP contribution in [0.3, 0.4) is 0 Å². The Labute approximate surface area is 144 Å². The number of nitrogens with zero attached hydrogens (tertiary/aromatic N) is 2. The zero-order valence-corrected chi connectivity index (χ0v) is 14.7. The summed E-state index contributed by atoms with van der Waals surface area (Å²) in [5, 5.41) is 12.8. The van der Waals surface area contributed by atoms with Crippen molar-refractivity contribution in [2.24, 2.45) is 5.10 Å². The van der Waals surface area contributed by atoms with Crippen molar-refractivity contribution in [2.75, 3.05) is 5.43 Å². The average Bonchev–Trinajstić information content (AvgIpc) is 2.94. The van der Waals surface area contributed by atoms with Crippen LogP contribution in [0.2, 0.25) is 0 Å². The van der Waals surface area contributed by atoms with Crippen molar-refractivity contribution in [3.63, 3.8) is 0 Å². The summed E-state index contributed by atoms with van der Waals surface area (Å²) in [6.07, 6.45) is 3.71. The van der Waals surface area contributed by atoms with E-state index in [4.69, 9.17) is 9.52 Å². The van der Waals surface area contributed by atoms with Gasteiger partial charge in [0, 0.05) is 17.3 Å². The number of carbonyl (C=O) groups is 1. The third-order valence-corrected chi connectivity index (χ3v) is 4.50. The number of hydrogen-bond acceptors (Lipinski definition) is 7. The highest BCUT2D eigenvalue weighted by Crippen LogP contribution is 2.14. The van der Waals surface area contributed by atoms with E-state index in [0.29, 0.717) is 5.82 Å². The number of anilines is 1. The number of pyridine rings is 1. The van der Waals surface area contributed by atoms with Crippen LogP contribution in [0.1, 0.15) is 36.9 Å². The number of hydrogen-bond donors (Lipinski definition) is 3. The van der Waals surface area contributed by atoms with Gasteiger partial charge in [0.25, 0.3) is 0 Å². The highest BCUT2D eigenvalue weighted by Gasteiger charge is 2.22. The Hall–Kier alpha value is -2.72. The fourth-order valence-electron chi connectivity index (χ4n) is 1.83. The zero-order chi connectivity index (χ0) is 18.7. The molecule has 2 aromatic heterocycles. The first-order chi connectivity index (χ1) is 11.6. The van der Waals surface area contributed by atoms with Gasteiger partial charge in [-0.3, -0.25) is 5.43 Å². The van der Waals surface area contributed by atoms with Crippen LogP contribution in [-0.2, 0) is 10.0 Å². The van der Waals surface area contributed by atoms with Gasteiger partial charge in [-0.2, -0.15) is 5.10 Å². The normalized spacial score (nSPS) is 12.4. The van der Waals surface area contributed by atoms with Crippen LogP contribution in [0.4, 0.5) is 5.82 Å². The number of rotatable bonds is 6. The van der Waals surface area contributed by atoms with Gasteiger partial charge in [0.15, 0.2) is 0 Å². The predicted octanol–water partition coefficient (Wildman–Crippen LogP) is 1.90. The second kappa shape index (κ2) is 7.03. The predicted molar refractivity (Wildman–Crippen MR) is 91.2 cm³/mol. The molecule has 0 unspecified atom stereocenters. The van der Waals surface area contributed by atoms with E-state index < -0.39 is 21.5 Å². The number of carboxylic acid groups (broad SMARTS) is 1. The lowest BCUT2D eigenvalue weighted by molar-refractivity contribution is 0.0662. The Bertz CT molecular complexity index is 879. The van der Waals surface area contributed by atoms with Crippen LogP contribution in [0, 0.1) is 0 Å². The maximum Gasteiger partial charge on any atom is 0.372 e. The van der Waals surface area contributed by atoms with E-state index in [1.54, 1.807) is 20.8 Å². The molecule has 0 saturated heterocycles. The third-order valence-electron chi connectivity index (χ3n) is 2.76. The number of hydrazone groups is 1. The lowest BCUT2D eigenvalue weighted by Crippen LogP contribution is -2.40. The van der Waals surface area contributed by atoms with Crippen molar-refractivity contribution in [3.05, 3.63) is 42.0 Å². The summed E-state index contributed by atoms with van der Waals surface area (Å²) in [6.45, 7) is 5.22. The second-order valence-electron chi connectivity index (χ2n) is 6.11. The summed E-state index contributed by atoms with van der Waals surface area (Å²) in [5.41, 5.74) is 2.27. The van der Waals surface area contributed by atoms with E-state index in [-0.39, 0.29) is 16.2 Å². The van der Waals surface area contributed by atoms with Crippen molar-refractivity contribution in [1.29, 1.82) is 0 Å². The highest BCUT2D eigenvalue weighted by atomic mass is 32.2. The van der Waals surface area contributed by atoms with Crippen molar-refractivity contribution in [1.82, 2.24) is 9.71 Å². The number of sulfonamides is 1. The fourth-order valence-corrected chi connectivity index (χ4v) is 3.19. The van der Waals surface area contributed by atoms with E-state index in [1.165, 1.54) is 36.9 Å². The van der Waals surface area contributed by atoms with Crippen LogP contribution in [0.25, 0.3) is 0 Å². The first-order valence-corrected chi connectivity index (χ1v) is 8.67. The van der Waals surface area contributed by atoms with Crippen LogP contribution >= 0.6 is 0 Å². The Kier molecular flexibility index (Phi) is 5.24. The molecule has 25 heavy (non-hydrogen) atoms. The van der Waals surface area contributed by atoms with Gasteiger partial charge in [-0.15, -0.1) is 0 Å². The minimum atomic E-state index is -3.66. The summed E-state index contributed by atoms with van der Waals surface area (Å²) >= 11 is 0. The first kappa shape index (κ1) is 18.6. The highest BCUT2D eigenvalue weighted by molar-refractivity contribution is 7.89. The van der Waals surface area contributed by atoms with E-state index in [0.717, 1.165) is 0 Å². The number of nitrogens with one attached hydrogen (secondary N) is 2. The smallest absolute Gasteiger partial charge is 0.372 e. The van der Waals surface area contributed by atoms with E-state index in [9.17, 15) is 13.2 Å². The Morgan fingerprint density at radius 1 is 1.32 bits per heavy atom. The van der Waals surface area contributed by atoms with Crippen LogP contribution in [0.5, 0.6) is 0 Å². The van der Waals surface area contributed by atoms with Gasteiger partial charge in [0.2, 0.25) is 15.8 Å². The lowest BCUT2D eigenvalue weighted by atomic mass is 10.1. The molecule has 0 saturated carbocycles. The molecule has 0 aromatic carbocycles. The van der Waals surface area contributed by atoms with Gasteiger partial charge in [0.1, 0.15) is 10.7 Å². The van der Waals surface area contributed by atoms with Gasteiger partial charge >= 0.3 is 5.97 Å². The number of furan rings is 1. The molecular weight excluding hydrogens is 348 g/mol. The van der Waals surface area contributed by atoms with Crippen LogP contribution < -0.4 is 10.1 Å². The van der Waals surface area contributed by atoms with Crippen molar-refractivity contribution in [3.8, 4) is 0 Å². The quantitative estimate of drug-likeness (QED) is 0.525. The molecule has 2 rings (SSSR count). The van der Waals surface area contributed by atoms with Gasteiger partial charge in [-0.05, 0) is 39.0 Å². The monoisotopic (exact) mass is 366 g/mol. The van der Waals surface area contributed by atoms with Gasteiger partial charge < -0.3 is 9.52 Å². The zero-order valence-electron chi connectivity index (χ0n) is 13.8. The Morgan fingerprint density at radius 3 is 2.60 bits per heavy atom. The summed E-state index contributed by atoms with van der Waals surface area (Å²) in [4.78, 5) is 14.9. The summed E-state index contributed by atoms with van der Waals surface area (Å²) < 4.78 is 31.7. The maximum absolute atomic E-state index is 12.2. The molecule has 0 radical (unpaired) electrons. The largest absolute Gasteiger partial charge is 0.475 e. The van der Waals surface area contributed by atoms with E-state index in [1.807, 2.05) is 0 Å². The molecule has 2 aromatic rings. The second-order valence-corrected chi connectivity index (χ2v) is 7.80. The van der Waals surface area contributed by atoms with Gasteiger partial charge in [-0.25, -0.2) is 22.9 Å². The molecule has 9 nitrogen and oxygen atoms in total. The number of aromatic carboxylic acids is 1. The summed E-state index contributed by atoms with van der Waals surface area (Å²) in [7, 11) is -3.66. The minimum absolute atomic E-state index is 0.0277. The Morgan fingerprint density at radius 2 is 2.04 bits per heavy atom. The molecule has 0 aliphatic rings. The standard InChI is InChI=1S/C15H18N4O5S/c1-15(2,3)19-25(22,23)11-4-5-12(16-9-11)18-17-8-10-6-7-24-13(10)14(20)21/h4-9,19H,1-3H3,(H,16,18)(H,20,21)/b17-8-. The minimum Gasteiger partial charge on any atom is -0.475 e. The average molecular weight is 366 g/mol. The molecule has 0 bridgehead atoms. The van der Waals surface area contributed by atoms with Crippen molar-refractivity contribution < 1.29 is 22.7 Å². The molecule has 0 fully saturated rings. The molecule has 0 spiro atoms. The van der Waals surface area contributed by atoms with Gasteiger partial charge in [-0.1, -0.05) is 0 Å². The Balaban J connectivity index is 2.07. The van der Waals surface area contributed by atoms with Crippen molar-refractivity contribution >= 4 is 28.0 Å². The molecule has 0 aliphatic heterocycles. The topological polar surface area (TPSA) is 134 Å².